The summed E-state index contributed by atoms with van der Waals surface area (Å²) >= 11 is 3.38. The van der Waals surface area contributed by atoms with E-state index in [0.29, 0.717) is 5.56 Å². The van der Waals surface area contributed by atoms with Crippen LogP contribution in [0.3, 0.4) is 0 Å². The number of amides is 2. The molecule has 0 bridgehead atoms. The van der Waals surface area contributed by atoms with E-state index >= 15 is 0 Å². The van der Waals surface area contributed by atoms with Crippen LogP contribution in [0.15, 0.2) is 59.2 Å². The van der Waals surface area contributed by atoms with Crippen LogP contribution in [0.25, 0.3) is 6.08 Å². The molecule has 2 aromatic rings. The van der Waals surface area contributed by atoms with Gasteiger partial charge in [0.25, 0.3) is 0 Å². The summed E-state index contributed by atoms with van der Waals surface area (Å²) in [6, 6.07) is 13.5. The number of benzene rings is 2. The monoisotopic (exact) mass is 348 g/mol. The SMILES string of the molecule is O=C(N/C=C/c1cccc(Br)c1)NCc1cccc(F)c1. The number of rotatable bonds is 4. The molecule has 108 valence electrons. The fourth-order valence-electron chi connectivity index (χ4n) is 1.70. The number of hydrogen-bond acceptors (Lipinski definition) is 1. The van der Waals surface area contributed by atoms with E-state index in [9.17, 15) is 9.18 Å². The maximum atomic E-state index is 13.0. The molecule has 2 amide bonds. The molecule has 0 radical (unpaired) electrons. The van der Waals surface area contributed by atoms with Crippen LogP contribution in [0.1, 0.15) is 11.1 Å². The van der Waals surface area contributed by atoms with Gasteiger partial charge in [0.1, 0.15) is 5.82 Å². The van der Waals surface area contributed by atoms with Crippen LogP contribution in [-0.2, 0) is 6.54 Å². The highest BCUT2D eigenvalue weighted by Crippen LogP contribution is 2.12. The highest BCUT2D eigenvalue weighted by atomic mass is 79.9. The summed E-state index contributed by atoms with van der Waals surface area (Å²) in [5.74, 6) is -0.316. The Bertz CT molecular complexity index is 658. The third-order valence-electron chi connectivity index (χ3n) is 2.68. The molecule has 2 N–H and O–H groups in total. The second kappa shape index (κ2) is 7.59. The summed E-state index contributed by atoms with van der Waals surface area (Å²) in [6.45, 7) is 0.272. The minimum absolute atomic E-state index is 0.272. The minimum Gasteiger partial charge on any atom is -0.334 e. The van der Waals surface area contributed by atoms with E-state index in [1.807, 2.05) is 24.3 Å². The van der Waals surface area contributed by atoms with E-state index in [2.05, 4.69) is 26.6 Å². The normalized spacial score (nSPS) is 10.6. The summed E-state index contributed by atoms with van der Waals surface area (Å²) in [6.07, 6.45) is 3.34. The van der Waals surface area contributed by atoms with E-state index < -0.39 is 0 Å². The molecule has 0 spiro atoms. The summed E-state index contributed by atoms with van der Waals surface area (Å²) in [4.78, 5) is 11.6. The van der Waals surface area contributed by atoms with Crippen molar-refractivity contribution in [3.05, 3.63) is 76.1 Å². The van der Waals surface area contributed by atoms with Gasteiger partial charge in [0.15, 0.2) is 0 Å². The lowest BCUT2D eigenvalue weighted by atomic mass is 10.2. The summed E-state index contributed by atoms with van der Waals surface area (Å²) in [7, 11) is 0. The summed E-state index contributed by atoms with van der Waals surface area (Å²) in [5, 5.41) is 5.24. The van der Waals surface area contributed by atoms with E-state index in [1.54, 1.807) is 24.4 Å². The van der Waals surface area contributed by atoms with Gasteiger partial charge < -0.3 is 10.6 Å². The Hall–Kier alpha value is -2.14. The van der Waals surface area contributed by atoms with Gasteiger partial charge >= 0.3 is 6.03 Å². The van der Waals surface area contributed by atoms with Crippen LogP contribution in [0.2, 0.25) is 0 Å². The molecule has 0 aliphatic carbocycles. The maximum Gasteiger partial charge on any atom is 0.319 e. The van der Waals surface area contributed by atoms with E-state index in [0.717, 1.165) is 10.0 Å². The van der Waals surface area contributed by atoms with Crippen molar-refractivity contribution in [1.82, 2.24) is 10.6 Å². The van der Waals surface area contributed by atoms with Crippen molar-refractivity contribution in [2.45, 2.75) is 6.54 Å². The summed E-state index contributed by atoms with van der Waals surface area (Å²) < 4.78 is 13.9. The first kappa shape index (κ1) is 15.3. The highest BCUT2D eigenvalue weighted by molar-refractivity contribution is 9.10. The largest absolute Gasteiger partial charge is 0.334 e. The van der Waals surface area contributed by atoms with Crippen LogP contribution in [0, 0.1) is 5.82 Å². The van der Waals surface area contributed by atoms with Gasteiger partial charge in [-0.25, -0.2) is 9.18 Å². The molecular formula is C16H14BrFN2O. The number of halogens is 2. The molecule has 0 aromatic heterocycles. The maximum absolute atomic E-state index is 13.0. The molecular weight excluding hydrogens is 335 g/mol. The number of urea groups is 1. The van der Waals surface area contributed by atoms with Gasteiger partial charge in [-0.15, -0.1) is 0 Å². The lowest BCUT2D eigenvalue weighted by Gasteiger charge is -2.04. The first-order chi connectivity index (χ1) is 10.1. The van der Waals surface area contributed by atoms with Crippen LogP contribution < -0.4 is 10.6 Å². The zero-order valence-electron chi connectivity index (χ0n) is 11.1. The van der Waals surface area contributed by atoms with Crippen LogP contribution >= 0.6 is 15.9 Å². The molecule has 0 atom stereocenters. The predicted octanol–water partition coefficient (Wildman–Crippen LogP) is 4.06. The molecule has 0 fully saturated rings. The van der Waals surface area contributed by atoms with Gasteiger partial charge in [-0.2, -0.15) is 0 Å². The molecule has 2 aromatic carbocycles. The molecule has 0 aliphatic heterocycles. The Labute approximate surface area is 131 Å². The molecule has 0 aliphatic rings. The number of carbonyl (C=O) groups is 1. The quantitative estimate of drug-likeness (QED) is 0.859. The van der Waals surface area contributed by atoms with Crippen molar-refractivity contribution in [3.8, 4) is 0 Å². The van der Waals surface area contributed by atoms with Crippen molar-refractivity contribution < 1.29 is 9.18 Å². The van der Waals surface area contributed by atoms with E-state index in [4.69, 9.17) is 0 Å². The highest BCUT2D eigenvalue weighted by Gasteiger charge is 1.99. The Kier molecular flexibility index (Phi) is 5.51. The molecule has 5 heteroatoms. The lowest BCUT2D eigenvalue weighted by molar-refractivity contribution is 0.244. The number of nitrogens with one attached hydrogen (secondary N) is 2. The summed E-state index contributed by atoms with van der Waals surface area (Å²) in [5.41, 5.74) is 1.68. The molecule has 0 saturated carbocycles. The lowest BCUT2D eigenvalue weighted by Crippen LogP contribution is -2.31. The van der Waals surface area contributed by atoms with Crippen molar-refractivity contribution in [2.75, 3.05) is 0 Å². The molecule has 0 heterocycles. The Morgan fingerprint density at radius 3 is 2.76 bits per heavy atom. The number of carbonyl (C=O) groups excluding carboxylic acids is 1. The van der Waals surface area contributed by atoms with Crippen molar-refractivity contribution in [2.24, 2.45) is 0 Å². The molecule has 3 nitrogen and oxygen atoms in total. The molecule has 2 rings (SSSR count). The Morgan fingerprint density at radius 1 is 1.19 bits per heavy atom. The van der Waals surface area contributed by atoms with Crippen LogP contribution in [0.4, 0.5) is 9.18 Å². The first-order valence-corrected chi connectivity index (χ1v) is 7.14. The van der Waals surface area contributed by atoms with Gasteiger partial charge in [0, 0.05) is 17.2 Å². The molecule has 21 heavy (non-hydrogen) atoms. The van der Waals surface area contributed by atoms with E-state index in [1.165, 1.54) is 12.1 Å². The average molecular weight is 349 g/mol. The smallest absolute Gasteiger partial charge is 0.319 e. The van der Waals surface area contributed by atoms with Gasteiger partial charge in [0.2, 0.25) is 0 Å². The van der Waals surface area contributed by atoms with E-state index in [-0.39, 0.29) is 18.4 Å². The average Bonchev–Trinajstić information content (AvgIpc) is 2.45. The second-order valence-corrected chi connectivity index (χ2v) is 5.26. The third kappa shape index (κ3) is 5.39. The fourth-order valence-corrected chi connectivity index (χ4v) is 2.12. The van der Waals surface area contributed by atoms with Crippen molar-refractivity contribution in [1.29, 1.82) is 0 Å². The molecule has 0 unspecified atom stereocenters. The minimum atomic E-state index is -0.342. The van der Waals surface area contributed by atoms with Crippen molar-refractivity contribution in [3.63, 3.8) is 0 Å². The number of hydrogen-bond donors (Lipinski definition) is 2. The fraction of sp³-hybridized carbons (Fsp3) is 0.0625. The zero-order valence-corrected chi connectivity index (χ0v) is 12.7. The van der Waals surface area contributed by atoms with Gasteiger partial charge in [-0.1, -0.05) is 40.2 Å². The van der Waals surface area contributed by atoms with Crippen molar-refractivity contribution >= 4 is 28.0 Å². The molecule has 0 saturated heterocycles. The third-order valence-corrected chi connectivity index (χ3v) is 3.17. The topological polar surface area (TPSA) is 41.1 Å². The van der Waals surface area contributed by atoms with Gasteiger partial charge in [-0.3, -0.25) is 0 Å². The van der Waals surface area contributed by atoms with Crippen LogP contribution in [-0.4, -0.2) is 6.03 Å². The predicted molar refractivity (Wildman–Crippen MR) is 84.9 cm³/mol. The standard InChI is InChI=1S/C16H14BrFN2O/c17-14-5-1-3-12(9-14)7-8-19-16(21)20-11-13-4-2-6-15(18)10-13/h1-10H,11H2,(H2,19,20,21)/b8-7+. The van der Waals surface area contributed by atoms with Gasteiger partial charge in [-0.05, 0) is 41.5 Å². The van der Waals surface area contributed by atoms with Crippen LogP contribution in [0.5, 0.6) is 0 Å². The second-order valence-electron chi connectivity index (χ2n) is 4.35. The van der Waals surface area contributed by atoms with Gasteiger partial charge in [0.05, 0.1) is 0 Å². The Balaban J connectivity index is 1.80. The first-order valence-electron chi connectivity index (χ1n) is 6.34. The zero-order chi connectivity index (χ0) is 15.1. The Morgan fingerprint density at radius 2 is 2.00 bits per heavy atom.